The van der Waals surface area contributed by atoms with E-state index in [2.05, 4.69) is 9.97 Å². The van der Waals surface area contributed by atoms with Gasteiger partial charge in [-0.1, -0.05) is 24.3 Å². The van der Waals surface area contributed by atoms with Gasteiger partial charge in [-0.15, -0.1) is 0 Å². The fourth-order valence-corrected chi connectivity index (χ4v) is 3.28. The highest BCUT2D eigenvalue weighted by Crippen LogP contribution is 2.15. The Balaban J connectivity index is 1.34. The molecule has 0 unspecified atom stereocenters. The van der Waals surface area contributed by atoms with Crippen LogP contribution < -0.4 is 5.56 Å². The molecule has 0 aliphatic heterocycles. The summed E-state index contributed by atoms with van der Waals surface area (Å²) in [7, 11) is 0. The number of benzene rings is 2. The zero-order valence-electron chi connectivity index (χ0n) is 15.5. The number of imidazole rings is 1. The van der Waals surface area contributed by atoms with Gasteiger partial charge in [0.2, 0.25) is 0 Å². The molecule has 0 spiro atoms. The molecule has 0 amide bonds. The third-order valence-corrected chi connectivity index (χ3v) is 4.71. The molecule has 2 heterocycles. The van der Waals surface area contributed by atoms with Gasteiger partial charge in [0, 0.05) is 6.54 Å². The number of carbonyl (C=O) groups excluding carboxylic acids is 1. The number of hydrogen-bond acceptors (Lipinski definition) is 5. The van der Waals surface area contributed by atoms with Crippen LogP contribution in [0.4, 0.5) is 0 Å². The number of ether oxygens (including phenoxy) is 1. The lowest BCUT2D eigenvalue weighted by molar-refractivity contribution is -0.144. The van der Waals surface area contributed by atoms with E-state index in [1.54, 1.807) is 18.2 Å². The van der Waals surface area contributed by atoms with Crippen molar-refractivity contribution in [2.24, 2.45) is 0 Å². The van der Waals surface area contributed by atoms with Gasteiger partial charge in [0.15, 0.2) is 0 Å². The Labute approximate surface area is 161 Å². The zero-order chi connectivity index (χ0) is 19.5. The SMILES string of the molecule is Cc1nc2ccccc2n1CCOC(=O)CCn1cnc2ccccc2c1=O. The van der Waals surface area contributed by atoms with E-state index in [0.717, 1.165) is 16.9 Å². The first kappa shape index (κ1) is 17.9. The minimum Gasteiger partial charge on any atom is -0.464 e. The lowest BCUT2D eigenvalue weighted by Gasteiger charge is -2.09. The second-order valence-electron chi connectivity index (χ2n) is 6.53. The smallest absolute Gasteiger partial charge is 0.307 e. The minimum atomic E-state index is -0.345. The maximum atomic E-state index is 12.4. The summed E-state index contributed by atoms with van der Waals surface area (Å²) in [6.07, 6.45) is 1.59. The first-order valence-corrected chi connectivity index (χ1v) is 9.15. The molecule has 0 atom stereocenters. The molecule has 0 saturated heterocycles. The van der Waals surface area contributed by atoms with Crippen LogP contribution in [0.3, 0.4) is 0 Å². The van der Waals surface area contributed by atoms with Gasteiger partial charge < -0.3 is 9.30 Å². The predicted octanol–water partition coefficient (Wildman–Crippen LogP) is 2.69. The van der Waals surface area contributed by atoms with Gasteiger partial charge in [-0.3, -0.25) is 14.2 Å². The van der Waals surface area contributed by atoms with Gasteiger partial charge in [0.25, 0.3) is 5.56 Å². The summed E-state index contributed by atoms with van der Waals surface area (Å²) >= 11 is 0. The van der Waals surface area contributed by atoms with Crippen LogP contribution in [0, 0.1) is 6.92 Å². The van der Waals surface area contributed by atoms with E-state index in [4.69, 9.17) is 4.74 Å². The number of nitrogens with zero attached hydrogens (tertiary/aromatic N) is 4. The number of rotatable bonds is 6. The second-order valence-corrected chi connectivity index (χ2v) is 6.53. The number of aryl methyl sites for hydroxylation is 2. The van der Waals surface area contributed by atoms with Crippen molar-refractivity contribution in [1.82, 2.24) is 19.1 Å². The van der Waals surface area contributed by atoms with Gasteiger partial charge in [-0.05, 0) is 31.2 Å². The van der Waals surface area contributed by atoms with Gasteiger partial charge in [0.1, 0.15) is 12.4 Å². The number of para-hydroxylation sites is 3. The number of esters is 1. The lowest BCUT2D eigenvalue weighted by Crippen LogP contribution is -2.22. The molecule has 7 heteroatoms. The Morgan fingerprint density at radius 2 is 1.79 bits per heavy atom. The van der Waals surface area contributed by atoms with Crippen LogP contribution in [0.2, 0.25) is 0 Å². The van der Waals surface area contributed by atoms with E-state index in [-0.39, 0.29) is 31.1 Å². The van der Waals surface area contributed by atoms with Crippen molar-refractivity contribution in [3.8, 4) is 0 Å². The molecule has 142 valence electrons. The maximum Gasteiger partial charge on any atom is 0.307 e. The highest BCUT2D eigenvalue weighted by Gasteiger charge is 2.09. The van der Waals surface area contributed by atoms with Crippen molar-refractivity contribution in [2.75, 3.05) is 6.61 Å². The Morgan fingerprint density at radius 1 is 1.04 bits per heavy atom. The summed E-state index contributed by atoms with van der Waals surface area (Å²) in [6.45, 7) is 2.96. The largest absolute Gasteiger partial charge is 0.464 e. The van der Waals surface area contributed by atoms with E-state index in [0.29, 0.717) is 17.4 Å². The van der Waals surface area contributed by atoms with Gasteiger partial charge >= 0.3 is 5.97 Å². The van der Waals surface area contributed by atoms with Crippen molar-refractivity contribution in [1.29, 1.82) is 0 Å². The fraction of sp³-hybridized carbons (Fsp3) is 0.238. The Kier molecular flexibility index (Phi) is 4.89. The molecule has 0 bridgehead atoms. The summed E-state index contributed by atoms with van der Waals surface area (Å²) in [5.74, 6) is 0.535. The molecule has 0 saturated carbocycles. The van der Waals surface area contributed by atoms with Gasteiger partial charge in [-0.25, -0.2) is 9.97 Å². The number of aromatic nitrogens is 4. The fourth-order valence-electron chi connectivity index (χ4n) is 3.28. The van der Waals surface area contributed by atoms with Crippen LogP contribution in [-0.2, 0) is 22.6 Å². The standard InChI is InChI=1S/C21H20N4O3/c1-15-23-18-8-4-5-9-19(18)25(15)12-13-28-20(26)10-11-24-14-22-17-7-3-2-6-16(17)21(24)27/h2-9,14H,10-13H2,1H3. The average Bonchev–Trinajstić information content (AvgIpc) is 3.03. The average molecular weight is 376 g/mol. The summed E-state index contributed by atoms with van der Waals surface area (Å²) in [5, 5.41) is 0.542. The molecule has 0 aliphatic carbocycles. The van der Waals surface area contributed by atoms with E-state index < -0.39 is 0 Å². The van der Waals surface area contributed by atoms with Crippen molar-refractivity contribution < 1.29 is 9.53 Å². The van der Waals surface area contributed by atoms with Crippen LogP contribution in [0.5, 0.6) is 0 Å². The highest BCUT2D eigenvalue weighted by molar-refractivity contribution is 5.77. The first-order valence-electron chi connectivity index (χ1n) is 9.15. The Bertz CT molecular complexity index is 1210. The van der Waals surface area contributed by atoms with Gasteiger partial charge in [-0.2, -0.15) is 0 Å². The molecule has 2 aromatic heterocycles. The summed E-state index contributed by atoms with van der Waals surface area (Å²) in [6, 6.07) is 15.0. The molecular formula is C21H20N4O3. The van der Waals surface area contributed by atoms with Crippen LogP contribution >= 0.6 is 0 Å². The van der Waals surface area contributed by atoms with Crippen LogP contribution in [0.1, 0.15) is 12.2 Å². The number of carbonyl (C=O) groups is 1. The minimum absolute atomic E-state index is 0.115. The molecule has 0 aliphatic rings. The molecule has 4 aromatic rings. The first-order chi connectivity index (χ1) is 13.6. The zero-order valence-corrected chi connectivity index (χ0v) is 15.5. The predicted molar refractivity (Wildman–Crippen MR) is 106 cm³/mol. The summed E-state index contributed by atoms with van der Waals surface area (Å²) in [5.41, 5.74) is 2.44. The normalized spacial score (nSPS) is 11.2. The second kappa shape index (κ2) is 7.64. The monoisotopic (exact) mass is 376 g/mol. The van der Waals surface area contributed by atoms with Gasteiger partial charge in [0.05, 0.1) is 41.2 Å². The topological polar surface area (TPSA) is 79.0 Å². The summed E-state index contributed by atoms with van der Waals surface area (Å²) in [4.78, 5) is 33.3. The van der Waals surface area contributed by atoms with Crippen LogP contribution in [0.25, 0.3) is 21.9 Å². The highest BCUT2D eigenvalue weighted by atomic mass is 16.5. The van der Waals surface area contributed by atoms with Crippen molar-refractivity contribution in [3.63, 3.8) is 0 Å². The van der Waals surface area contributed by atoms with Crippen molar-refractivity contribution >= 4 is 27.9 Å². The van der Waals surface area contributed by atoms with Crippen LogP contribution in [-0.4, -0.2) is 31.7 Å². The Morgan fingerprint density at radius 3 is 2.64 bits per heavy atom. The molecule has 0 N–H and O–H groups in total. The van der Waals surface area contributed by atoms with Crippen molar-refractivity contribution in [3.05, 3.63) is 71.0 Å². The molecule has 28 heavy (non-hydrogen) atoms. The molecule has 0 radical (unpaired) electrons. The number of hydrogen-bond donors (Lipinski definition) is 0. The molecule has 7 nitrogen and oxygen atoms in total. The third kappa shape index (κ3) is 3.51. The Hall–Kier alpha value is -3.48. The van der Waals surface area contributed by atoms with Crippen LogP contribution in [0.15, 0.2) is 59.7 Å². The van der Waals surface area contributed by atoms with Crippen molar-refractivity contribution in [2.45, 2.75) is 26.4 Å². The lowest BCUT2D eigenvalue weighted by atomic mass is 10.2. The summed E-state index contributed by atoms with van der Waals surface area (Å²) < 4.78 is 8.81. The van der Waals surface area contributed by atoms with E-state index in [9.17, 15) is 9.59 Å². The number of fused-ring (bicyclic) bond motifs is 2. The molecule has 4 rings (SSSR count). The molecule has 2 aromatic carbocycles. The molecule has 0 fully saturated rings. The van der Waals surface area contributed by atoms with E-state index in [1.807, 2.05) is 41.8 Å². The quantitative estimate of drug-likeness (QED) is 0.484. The molecular weight excluding hydrogens is 356 g/mol. The maximum absolute atomic E-state index is 12.4. The van der Waals surface area contributed by atoms with E-state index >= 15 is 0 Å². The third-order valence-electron chi connectivity index (χ3n) is 4.71. The van der Waals surface area contributed by atoms with E-state index in [1.165, 1.54) is 10.9 Å².